The molecule has 0 spiro atoms. The lowest BCUT2D eigenvalue weighted by molar-refractivity contribution is -0.385. The Morgan fingerprint density at radius 1 is 1.46 bits per heavy atom. The van der Waals surface area contributed by atoms with Crippen LogP contribution in [0.25, 0.3) is 6.08 Å². The second-order valence-electron chi connectivity index (χ2n) is 5.71. The van der Waals surface area contributed by atoms with Crippen LogP contribution in [-0.2, 0) is 4.79 Å². The molecule has 0 aliphatic carbocycles. The first kappa shape index (κ1) is 19.3. The summed E-state index contributed by atoms with van der Waals surface area (Å²) in [6, 6.07) is 5.17. The summed E-state index contributed by atoms with van der Waals surface area (Å²) in [6.45, 7) is 4.88. The Hall–Kier alpha value is -2.75. The normalized spacial score (nSPS) is 10.8. The number of nitriles is 1. The van der Waals surface area contributed by atoms with Gasteiger partial charge in [-0.15, -0.1) is 0 Å². The van der Waals surface area contributed by atoms with Crippen LogP contribution in [0.4, 0.5) is 10.1 Å². The van der Waals surface area contributed by atoms with Gasteiger partial charge in [-0.25, -0.2) is 4.39 Å². The standard InChI is InChI=1S/C17H20FN3O3/c1-13(2)8-11-20(10-3-9-19)17(22)7-5-14-4-6-15(18)12-16(14)21(23)24/h4-7,12-13H,3,8,10-11H2,1-2H3. The van der Waals surface area contributed by atoms with Crippen LogP contribution in [0.2, 0.25) is 0 Å². The second-order valence-corrected chi connectivity index (χ2v) is 5.71. The molecule has 0 aromatic heterocycles. The summed E-state index contributed by atoms with van der Waals surface area (Å²) in [7, 11) is 0. The van der Waals surface area contributed by atoms with E-state index in [1.165, 1.54) is 23.1 Å². The van der Waals surface area contributed by atoms with Gasteiger partial charge in [-0.1, -0.05) is 13.8 Å². The number of carbonyl (C=O) groups is 1. The quantitative estimate of drug-likeness (QED) is 0.413. The summed E-state index contributed by atoms with van der Waals surface area (Å²) in [5.41, 5.74) is -0.247. The van der Waals surface area contributed by atoms with Crippen molar-refractivity contribution >= 4 is 17.7 Å². The first-order chi connectivity index (χ1) is 11.3. The van der Waals surface area contributed by atoms with Gasteiger partial charge in [0.25, 0.3) is 5.69 Å². The predicted molar refractivity (Wildman–Crippen MR) is 88.4 cm³/mol. The zero-order valence-corrected chi connectivity index (χ0v) is 13.7. The number of halogens is 1. The van der Waals surface area contributed by atoms with Crippen LogP contribution in [0.1, 0.15) is 32.3 Å². The summed E-state index contributed by atoms with van der Waals surface area (Å²) in [5.74, 6) is -0.633. The molecule has 0 atom stereocenters. The van der Waals surface area contributed by atoms with Crippen molar-refractivity contribution in [3.63, 3.8) is 0 Å². The molecule has 7 heteroatoms. The molecule has 0 radical (unpaired) electrons. The Bertz CT molecular complexity index is 666. The van der Waals surface area contributed by atoms with Crippen LogP contribution in [-0.4, -0.2) is 28.8 Å². The maximum absolute atomic E-state index is 13.1. The molecule has 24 heavy (non-hydrogen) atoms. The van der Waals surface area contributed by atoms with Gasteiger partial charge in [0.05, 0.1) is 29.0 Å². The summed E-state index contributed by atoms with van der Waals surface area (Å²) >= 11 is 0. The Morgan fingerprint density at radius 2 is 2.17 bits per heavy atom. The monoisotopic (exact) mass is 333 g/mol. The van der Waals surface area contributed by atoms with Crippen molar-refractivity contribution in [2.45, 2.75) is 26.7 Å². The molecule has 1 amide bonds. The third-order valence-corrected chi connectivity index (χ3v) is 3.38. The van der Waals surface area contributed by atoms with Gasteiger partial charge in [0.15, 0.2) is 0 Å². The van der Waals surface area contributed by atoms with Crippen molar-refractivity contribution in [3.8, 4) is 6.07 Å². The fourth-order valence-electron chi connectivity index (χ4n) is 2.01. The zero-order chi connectivity index (χ0) is 18.1. The van der Waals surface area contributed by atoms with Crippen LogP contribution in [0.15, 0.2) is 24.3 Å². The number of nitrogens with zero attached hydrogens (tertiary/aromatic N) is 3. The second kappa shape index (κ2) is 9.40. The van der Waals surface area contributed by atoms with Crippen LogP contribution in [0.5, 0.6) is 0 Å². The van der Waals surface area contributed by atoms with E-state index in [1.807, 2.05) is 19.9 Å². The van der Waals surface area contributed by atoms with Gasteiger partial charge < -0.3 is 4.90 Å². The summed E-state index contributed by atoms with van der Waals surface area (Å²) < 4.78 is 13.1. The van der Waals surface area contributed by atoms with Crippen molar-refractivity contribution in [3.05, 3.63) is 45.8 Å². The lowest BCUT2D eigenvalue weighted by atomic mass is 10.1. The van der Waals surface area contributed by atoms with E-state index in [0.29, 0.717) is 19.0 Å². The average Bonchev–Trinajstić information content (AvgIpc) is 2.53. The van der Waals surface area contributed by atoms with E-state index in [2.05, 4.69) is 0 Å². The lowest BCUT2D eigenvalue weighted by Gasteiger charge is -2.21. The third-order valence-electron chi connectivity index (χ3n) is 3.38. The zero-order valence-electron chi connectivity index (χ0n) is 13.7. The Labute approximate surface area is 140 Å². The Morgan fingerprint density at radius 3 is 2.75 bits per heavy atom. The SMILES string of the molecule is CC(C)CCN(CCC#N)C(=O)C=Cc1ccc(F)cc1[N+](=O)[O-]. The summed E-state index contributed by atoms with van der Waals surface area (Å²) in [5, 5.41) is 19.6. The predicted octanol–water partition coefficient (Wildman–Crippen LogP) is 3.54. The van der Waals surface area contributed by atoms with Crippen LogP contribution in [0, 0.1) is 33.2 Å². The number of nitro benzene ring substituents is 1. The van der Waals surface area contributed by atoms with Gasteiger partial charge >= 0.3 is 0 Å². The number of carbonyl (C=O) groups excluding carboxylic acids is 1. The van der Waals surface area contributed by atoms with E-state index in [9.17, 15) is 19.3 Å². The van der Waals surface area contributed by atoms with Gasteiger partial charge in [0, 0.05) is 19.2 Å². The molecular formula is C17H20FN3O3. The molecule has 0 N–H and O–H groups in total. The van der Waals surface area contributed by atoms with Crippen molar-refractivity contribution in [2.24, 2.45) is 5.92 Å². The lowest BCUT2D eigenvalue weighted by Crippen LogP contribution is -2.32. The number of amides is 1. The molecule has 0 heterocycles. The molecular weight excluding hydrogens is 313 g/mol. The number of hydrogen-bond acceptors (Lipinski definition) is 4. The molecule has 0 aliphatic heterocycles. The highest BCUT2D eigenvalue weighted by molar-refractivity contribution is 5.92. The molecule has 1 aromatic rings. The van der Waals surface area contributed by atoms with E-state index in [1.54, 1.807) is 0 Å². The number of rotatable bonds is 8. The number of hydrogen-bond donors (Lipinski definition) is 0. The van der Waals surface area contributed by atoms with Gasteiger partial charge in [-0.2, -0.15) is 5.26 Å². The molecule has 0 saturated carbocycles. The van der Waals surface area contributed by atoms with Crippen LogP contribution in [0.3, 0.4) is 0 Å². The molecule has 0 unspecified atom stereocenters. The van der Waals surface area contributed by atoms with Gasteiger partial charge in [-0.3, -0.25) is 14.9 Å². The largest absolute Gasteiger partial charge is 0.338 e. The molecule has 0 fully saturated rings. The molecule has 1 rings (SSSR count). The smallest absolute Gasteiger partial charge is 0.279 e. The van der Waals surface area contributed by atoms with E-state index in [0.717, 1.165) is 18.6 Å². The molecule has 6 nitrogen and oxygen atoms in total. The van der Waals surface area contributed by atoms with Crippen molar-refractivity contribution in [2.75, 3.05) is 13.1 Å². The molecule has 0 saturated heterocycles. The highest BCUT2D eigenvalue weighted by Crippen LogP contribution is 2.21. The van der Waals surface area contributed by atoms with E-state index in [4.69, 9.17) is 5.26 Å². The average molecular weight is 333 g/mol. The topological polar surface area (TPSA) is 87.2 Å². The summed E-state index contributed by atoms with van der Waals surface area (Å²) in [6.07, 6.45) is 3.53. The minimum atomic E-state index is -0.710. The van der Waals surface area contributed by atoms with Crippen molar-refractivity contribution < 1.29 is 14.1 Å². The van der Waals surface area contributed by atoms with E-state index >= 15 is 0 Å². The number of nitro groups is 1. The maximum Gasteiger partial charge on any atom is 0.279 e. The van der Waals surface area contributed by atoms with Crippen LogP contribution >= 0.6 is 0 Å². The molecule has 128 valence electrons. The maximum atomic E-state index is 13.1. The highest BCUT2D eigenvalue weighted by atomic mass is 19.1. The minimum absolute atomic E-state index is 0.152. The van der Waals surface area contributed by atoms with Crippen molar-refractivity contribution in [1.82, 2.24) is 4.90 Å². The minimum Gasteiger partial charge on any atom is -0.338 e. The first-order valence-electron chi connectivity index (χ1n) is 7.63. The Balaban J connectivity index is 2.91. The third kappa shape index (κ3) is 6.16. The Kier molecular flexibility index (Phi) is 7.56. The van der Waals surface area contributed by atoms with E-state index < -0.39 is 16.4 Å². The fourth-order valence-corrected chi connectivity index (χ4v) is 2.01. The van der Waals surface area contributed by atoms with Crippen molar-refractivity contribution in [1.29, 1.82) is 5.26 Å². The highest BCUT2D eigenvalue weighted by Gasteiger charge is 2.15. The van der Waals surface area contributed by atoms with Gasteiger partial charge in [-0.05, 0) is 30.5 Å². The van der Waals surface area contributed by atoms with Crippen LogP contribution < -0.4 is 0 Å². The number of benzene rings is 1. The first-order valence-corrected chi connectivity index (χ1v) is 7.63. The van der Waals surface area contributed by atoms with E-state index in [-0.39, 0.29) is 17.9 Å². The van der Waals surface area contributed by atoms with Gasteiger partial charge in [0.2, 0.25) is 5.91 Å². The summed E-state index contributed by atoms with van der Waals surface area (Å²) in [4.78, 5) is 24.1. The molecule has 0 bridgehead atoms. The molecule has 1 aromatic carbocycles. The molecule has 0 aliphatic rings. The van der Waals surface area contributed by atoms with Gasteiger partial charge in [0.1, 0.15) is 5.82 Å². The fraction of sp³-hybridized carbons (Fsp3) is 0.412.